The topological polar surface area (TPSA) is 66.0 Å². The van der Waals surface area contributed by atoms with Crippen molar-refractivity contribution in [3.63, 3.8) is 0 Å². The summed E-state index contributed by atoms with van der Waals surface area (Å²) < 4.78 is 5.73. The number of anilines is 1. The quantitative estimate of drug-likeness (QED) is 0.412. The van der Waals surface area contributed by atoms with Crippen LogP contribution in [0.2, 0.25) is 5.02 Å². The van der Waals surface area contributed by atoms with Gasteiger partial charge in [0.25, 0.3) is 5.91 Å². The molecule has 2 aromatic carbocycles. The number of nitriles is 1. The molecule has 1 amide bonds. The third-order valence-corrected chi connectivity index (χ3v) is 4.58. The highest BCUT2D eigenvalue weighted by Crippen LogP contribution is 2.29. The zero-order valence-electron chi connectivity index (χ0n) is 15.6. The van der Waals surface area contributed by atoms with E-state index in [1.807, 2.05) is 48.5 Å². The first kappa shape index (κ1) is 19.5. The van der Waals surface area contributed by atoms with Gasteiger partial charge in [-0.15, -0.1) is 0 Å². The molecule has 0 aliphatic heterocycles. The lowest BCUT2D eigenvalue weighted by Crippen LogP contribution is -2.13. The lowest BCUT2D eigenvalue weighted by molar-refractivity contribution is -0.112. The number of halogens is 1. The van der Waals surface area contributed by atoms with Gasteiger partial charge in [0.15, 0.2) is 0 Å². The largest absolute Gasteiger partial charge is 0.457 e. The first-order valence-electron chi connectivity index (χ1n) is 8.86. The summed E-state index contributed by atoms with van der Waals surface area (Å²) in [6, 6.07) is 20.2. The number of rotatable bonds is 5. The van der Waals surface area contributed by atoms with E-state index in [1.165, 1.54) is 11.6 Å². The molecule has 1 heterocycles. The first-order chi connectivity index (χ1) is 13.5. The Labute approximate surface area is 169 Å². The molecule has 0 spiro atoms. The molecule has 1 aromatic heterocycles. The number of amides is 1. The molecule has 0 radical (unpaired) electrons. The van der Waals surface area contributed by atoms with E-state index < -0.39 is 5.91 Å². The fourth-order valence-corrected chi connectivity index (χ4v) is 2.91. The van der Waals surface area contributed by atoms with Crippen LogP contribution in [0.1, 0.15) is 31.1 Å². The van der Waals surface area contributed by atoms with Crippen LogP contribution in [0.4, 0.5) is 5.69 Å². The van der Waals surface area contributed by atoms with E-state index in [0.717, 1.165) is 5.56 Å². The molecule has 0 atom stereocenters. The van der Waals surface area contributed by atoms with Crippen LogP contribution in [0, 0.1) is 11.3 Å². The molecule has 0 fully saturated rings. The van der Waals surface area contributed by atoms with Gasteiger partial charge in [0.2, 0.25) is 0 Å². The standard InChI is InChI=1S/C23H19ClN2O2/c1-15(2)16-7-9-18(10-8-16)26-23(27)17(14-25)13-19-11-12-22(28-19)20-5-3-4-6-21(20)24/h3-13,15H,1-2H3,(H,26,27)/b17-13+. The summed E-state index contributed by atoms with van der Waals surface area (Å²) in [6.45, 7) is 4.20. The Kier molecular flexibility index (Phi) is 5.98. The molecule has 3 aromatic rings. The summed E-state index contributed by atoms with van der Waals surface area (Å²) in [5.41, 5.74) is 2.51. The predicted octanol–water partition coefficient (Wildman–Crippen LogP) is 6.27. The maximum Gasteiger partial charge on any atom is 0.266 e. The molecule has 28 heavy (non-hydrogen) atoms. The van der Waals surface area contributed by atoms with Gasteiger partial charge in [-0.25, -0.2) is 0 Å². The van der Waals surface area contributed by atoms with Gasteiger partial charge in [-0.2, -0.15) is 5.26 Å². The number of hydrogen-bond donors (Lipinski definition) is 1. The molecule has 0 saturated heterocycles. The van der Waals surface area contributed by atoms with E-state index in [1.54, 1.807) is 18.2 Å². The lowest BCUT2D eigenvalue weighted by Gasteiger charge is -2.08. The third kappa shape index (κ3) is 4.51. The Hall–Kier alpha value is -3.29. The zero-order valence-corrected chi connectivity index (χ0v) is 16.3. The van der Waals surface area contributed by atoms with Crippen molar-refractivity contribution in [2.24, 2.45) is 0 Å². The van der Waals surface area contributed by atoms with Crippen molar-refractivity contribution < 1.29 is 9.21 Å². The van der Waals surface area contributed by atoms with Crippen LogP contribution < -0.4 is 5.32 Å². The molecular formula is C23H19ClN2O2. The molecule has 5 heteroatoms. The molecule has 0 bridgehead atoms. The van der Waals surface area contributed by atoms with Crippen molar-refractivity contribution in [1.82, 2.24) is 0 Å². The van der Waals surface area contributed by atoms with Gasteiger partial charge in [0, 0.05) is 17.3 Å². The maximum atomic E-state index is 12.4. The minimum atomic E-state index is -0.490. The second kappa shape index (κ2) is 8.60. The normalized spacial score (nSPS) is 11.3. The van der Waals surface area contributed by atoms with E-state index in [-0.39, 0.29) is 5.57 Å². The van der Waals surface area contributed by atoms with Crippen LogP contribution in [0.3, 0.4) is 0 Å². The summed E-state index contributed by atoms with van der Waals surface area (Å²) in [5, 5.41) is 12.7. The van der Waals surface area contributed by atoms with Crippen LogP contribution in [0.25, 0.3) is 17.4 Å². The number of furan rings is 1. The van der Waals surface area contributed by atoms with Crippen molar-refractivity contribution >= 4 is 29.3 Å². The average Bonchev–Trinajstić information content (AvgIpc) is 3.15. The smallest absolute Gasteiger partial charge is 0.266 e. The van der Waals surface area contributed by atoms with Crippen molar-refractivity contribution in [3.05, 3.63) is 82.6 Å². The van der Waals surface area contributed by atoms with Gasteiger partial charge >= 0.3 is 0 Å². The van der Waals surface area contributed by atoms with Gasteiger partial charge in [-0.1, -0.05) is 49.7 Å². The predicted molar refractivity (Wildman–Crippen MR) is 112 cm³/mol. The number of nitrogens with one attached hydrogen (secondary N) is 1. The van der Waals surface area contributed by atoms with Crippen LogP contribution in [-0.4, -0.2) is 5.91 Å². The molecular weight excluding hydrogens is 372 g/mol. The van der Waals surface area contributed by atoms with Gasteiger partial charge in [-0.05, 0) is 47.9 Å². The van der Waals surface area contributed by atoms with Crippen molar-refractivity contribution in [3.8, 4) is 17.4 Å². The number of nitrogens with zero attached hydrogens (tertiary/aromatic N) is 1. The van der Waals surface area contributed by atoms with Crippen LogP contribution in [0.15, 0.2) is 70.7 Å². The number of carbonyl (C=O) groups excluding carboxylic acids is 1. The molecule has 3 rings (SSSR count). The fourth-order valence-electron chi connectivity index (χ4n) is 2.68. The highest BCUT2D eigenvalue weighted by molar-refractivity contribution is 6.33. The van der Waals surface area contributed by atoms with Crippen molar-refractivity contribution in [1.29, 1.82) is 5.26 Å². The lowest BCUT2D eigenvalue weighted by atomic mass is 10.0. The van der Waals surface area contributed by atoms with E-state index in [2.05, 4.69) is 19.2 Å². The number of carbonyl (C=O) groups is 1. The Morgan fingerprint density at radius 2 is 1.82 bits per heavy atom. The fraction of sp³-hybridized carbons (Fsp3) is 0.130. The van der Waals surface area contributed by atoms with E-state index in [4.69, 9.17) is 16.0 Å². The summed E-state index contributed by atoms with van der Waals surface area (Å²) in [6.07, 6.45) is 1.41. The summed E-state index contributed by atoms with van der Waals surface area (Å²) in [7, 11) is 0. The number of hydrogen-bond acceptors (Lipinski definition) is 3. The van der Waals surface area contributed by atoms with Gasteiger partial charge in [-0.3, -0.25) is 4.79 Å². The summed E-state index contributed by atoms with van der Waals surface area (Å²) >= 11 is 6.18. The Morgan fingerprint density at radius 1 is 1.11 bits per heavy atom. The second-order valence-electron chi connectivity index (χ2n) is 6.58. The second-order valence-corrected chi connectivity index (χ2v) is 6.99. The van der Waals surface area contributed by atoms with E-state index in [0.29, 0.717) is 28.1 Å². The Morgan fingerprint density at radius 3 is 2.46 bits per heavy atom. The molecule has 0 unspecified atom stereocenters. The SMILES string of the molecule is CC(C)c1ccc(NC(=O)/C(C#N)=C/c2ccc(-c3ccccc3Cl)o2)cc1. The monoisotopic (exact) mass is 390 g/mol. The number of benzene rings is 2. The summed E-state index contributed by atoms with van der Waals surface area (Å²) in [5.74, 6) is 0.886. The minimum absolute atomic E-state index is 0.0482. The van der Waals surface area contributed by atoms with Crippen LogP contribution in [-0.2, 0) is 4.79 Å². The first-order valence-corrected chi connectivity index (χ1v) is 9.23. The zero-order chi connectivity index (χ0) is 20.1. The van der Waals surface area contributed by atoms with Crippen molar-refractivity contribution in [2.45, 2.75) is 19.8 Å². The van der Waals surface area contributed by atoms with E-state index in [9.17, 15) is 10.1 Å². The highest BCUT2D eigenvalue weighted by atomic mass is 35.5. The molecule has 0 aliphatic carbocycles. The minimum Gasteiger partial charge on any atom is -0.457 e. The summed E-state index contributed by atoms with van der Waals surface area (Å²) in [4.78, 5) is 12.4. The third-order valence-electron chi connectivity index (χ3n) is 4.25. The Bertz CT molecular complexity index is 1060. The van der Waals surface area contributed by atoms with E-state index >= 15 is 0 Å². The van der Waals surface area contributed by atoms with Crippen LogP contribution >= 0.6 is 11.6 Å². The molecule has 4 nitrogen and oxygen atoms in total. The van der Waals surface area contributed by atoms with Gasteiger partial charge in [0.05, 0.1) is 5.02 Å². The Balaban J connectivity index is 1.77. The van der Waals surface area contributed by atoms with Crippen molar-refractivity contribution in [2.75, 3.05) is 5.32 Å². The molecule has 0 saturated carbocycles. The molecule has 140 valence electrons. The van der Waals surface area contributed by atoms with Crippen LogP contribution in [0.5, 0.6) is 0 Å². The maximum absolute atomic E-state index is 12.4. The average molecular weight is 391 g/mol. The molecule has 1 N–H and O–H groups in total. The van der Waals surface area contributed by atoms with Gasteiger partial charge < -0.3 is 9.73 Å². The highest BCUT2D eigenvalue weighted by Gasteiger charge is 2.12. The molecule has 0 aliphatic rings. The van der Waals surface area contributed by atoms with Gasteiger partial charge in [0.1, 0.15) is 23.2 Å².